The Morgan fingerprint density at radius 3 is 2.64 bits per heavy atom. The summed E-state index contributed by atoms with van der Waals surface area (Å²) in [6.07, 6.45) is 3.96. The minimum atomic E-state index is -3.11. The third-order valence-electron chi connectivity index (χ3n) is 2.70. The lowest BCUT2D eigenvalue weighted by molar-refractivity contribution is -0.120. The molecule has 2 rings (SSSR count). The molecule has 0 saturated heterocycles. The van der Waals surface area contributed by atoms with E-state index < -0.39 is 10.0 Å². The van der Waals surface area contributed by atoms with Gasteiger partial charge in [0.1, 0.15) is 5.25 Å². The summed E-state index contributed by atoms with van der Waals surface area (Å²) in [7, 11) is -3.11. The number of hydrogen-bond donors (Lipinski definition) is 1. The van der Waals surface area contributed by atoms with Crippen LogP contribution in [0.4, 0.5) is 0 Å². The minimum absolute atomic E-state index is 0.126. The highest BCUT2D eigenvalue weighted by Gasteiger charge is 2.47. The molecule has 4 nitrogen and oxygen atoms in total. The Balaban J connectivity index is 1.92. The molecule has 2 unspecified atom stereocenters. The lowest BCUT2D eigenvalue weighted by Crippen LogP contribution is -2.34. The van der Waals surface area contributed by atoms with Gasteiger partial charge in [0, 0.05) is 5.92 Å². The smallest absolute Gasteiger partial charge is 0.274 e. The second kappa shape index (κ2) is 3.08. The van der Waals surface area contributed by atoms with Crippen molar-refractivity contribution >= 4 is 15.9 Å². The van der Waals surface area contributed by atoms with E-state index in [0.717, 1.165) is 19.3 Å². The van der Waals surface area contributed by atoms with Crippen molar-refractivity contribution in [2.45, 2.75) is 24.5 Å². The number of rotatable bonds is 4. The van der Waals surface area contributed by atoms with Crippen LogP contribution in [0, 0.1) is 11.8 Å². The molecule has 0 aromatic carbocycles. The number of nitrogens with one attached hydrogen (secondary N) is 1. The van der Waals surface area contributed by atoms with Gasteiger partial charge in [0.2, 0.25) is 5.91 Å². The van der Waals surface area contributed by atoms with Crippen LogP contribution in [0.15, 0.2) is 12.7 Å². The molecule has 0 radical (unpaired) electrons. The van der Waals surface area contributed by atoms with Crippen LogP contribution in [0.3, 0.4) is 0 Å². The predicted molar refractivity (Wildman–Crippen MR) is 53.0 cm³/mol. The largest absolute Gasteiger partial charge is 0.370 e. The molecule has 5 heteroatoms. The Bertz CT molecular complexity index is 370. The molecule has 2 aliphatic carbocycles. The molecule has 0 aromatic rings. The van der Waals surface area contributed by atoms with Gasteiger partial charge >= 0.3 is 10.0 Å². The molecular formula is C9H14NO3S+. The van der Waals surface area contributed by atoms with E-state index in [2.05, 4.69) is 11.3 Å². The van der Waals surface area contributed by atoms with Crippen LogP contribution in [0.5, 0.6) is 0 Å². The summed E-state index contributed by atoms with van der Waals surface area (Å²) >= 11 is 0. The van der Waals surface area contributed by atoms with Crippen molar-refractivity contribution in [3.8, 4) is 0 Å². The van der Waals surface area contributed by atoms with Crippen molar-refractivity contribution < 1.29 is 13.2 Å². The van der Waals surface area contributed by atoms with Crippen LogP contribution in [-0.4, -0.2) is 19.6 Å². The molecule has 2 saturated carbocycles. The van der Waals surface area contributed by atoms with Crippen molar-refractivity contribution in [2.24, 2.45) is 11.8 Å². The van der Waals surface area contributed by atoms with Crippen LogP contribution in [-0.2, 0) is 14.8 Å². The molecule has 0 heterocycles. The van der Waals surface area contributed by atoms with E-state index in [9.17, 15) is 13.2 Å². The highest BCUT2D eigenvalue weighted by atomic mass is 32.2. The molecule has 0 bridgehead atoms. The van der Waals surface area contributed by atoms with E-state index in [1.807, 2.05) is 0 Å². The molecule has 1 amide bonds. The number of carbonyl (C=O) groups excluding carboxylic acids is 1. The fourth-order valence-electron chi connectivity index (χ4n) is 1.47. The summed E-state index contributed by atoms with van der Waals surface area (Å²) in [4.78, 5) is 11.4. The molecule has 0 spiro atoms. The summed E-state index contributed by atoms with van der Waals surface area (Å²) in [5.41, 5.74) is 0. The third kappa shape index (κ3) is 1.82. The summed E-state index contributed by atoms with van der Waals surface area (Å²) in [6.45, 7) is 3.59. The van der Waals surface area contributed by atoms with E-state index in [0.29, 0.717) is 0 Å². The average Bonchev–Trinajstić information content (AvgIpc) is 2.98. The third-order valence-corrected chi connectivity index (χ3v) is 4.57. The van der Waals surface area contributed by atoms with Gasteiger partial charge in [-0.15, -0.1) is 6.58 Å². The van der Waals surface area contributed by atoms with E-state index in [-0.39, 0.29) is 23.0 Å². The van der Waals surface area contributed by atoms with Crippen molar-refractivity contribution in [1.29, 1.82) is 0 Å². The summed E-state index contributed by atoms with van der Waals surface area (Å²) in [5.74, 6) is -0.224. The van der Waals surface area contributed by atoms with E-state index in [4.69, 9.17) is 0 Å². The first-order valence-electron chi connectivity index (χ1n) is 4.74. The standard InChI is InChI=1S/C9H13NO3S/c1-2-6-5-8(6)9(11)10-14(12,13)7-3-4-7/h2,6-8H,1,3-5H2,(H,10,11,12,13)/p+1/t6?,8-/m0/s1. The van der Waals surface area contributed by atoms with Crippen LogP contribution in [0.25, 0.3) is 0 Å². The highest BCUT2D eigenvalue weighted by molar-refractivity contribution is 7.91. The summed E-state index contributed by atoms with van der Waals surface area (Å²) in [5, 5.41) is -0.215. The van der Waals surface area contributed by atoms with Crippen LogP contribution in [0.2, 0.25) is 0 Å². The quantitative estimate of drug-likeness (QED) is 0.551. The zero-order valence-corrected chi connectivity index (χ0v) is 8.63. The van der Waals surface area contributed by atoms with Gasteiger partial charge in [-0.2, -0.15) is 4.21 Å². The maximum Gasteiger partial charge on any atom is 0.370 e. The van der Waals surface area contributed by atoms with Gasteiger partial charge in [0.25, 0.3) is 0 Å². The lowest BCUT2D eigenvalue weighted by atomic mass is 10.3. The number of carbonyl (C=O) groups is 1. The summed E-state index contributed by atoms with van der Waals surface area (Å²) in [6, 6.07) is 0. The highest BCUT2D eigenvalue weighted by Crippen LogP contribution is 2.39. The fourth-order valence-corrected chi connectivity index (χ4v) is 2.85. The maximum absolute atomic E-state index is 11.5. The molecule has 3 atom stereocenters. The van der Waals surface area contributed by atoms with Gasteiger partial charge in [-0.25, -0.2) is 8.93 Å². The van der Waals surface area contributed by atoms with Gasteiger partial charge in [-0.1, -0.05) is 6.08 Å². The van der Waals surface area contributed by atoms with Crippen molar-refractivity contribution in [3.05, 3.63) is 12.7 Å². The molecule has 0 aliphatic heterocycles. The van der Waals surface area contributed by atoms with E-state index in [1.165, 1.54) is 0 Å². The Kier molecular flexibility index (Phi) is 2.14. The summed E-state index contributed by atoms with van der Waals surface area (Å²) < 4.78 is 23.2. The Labute approximate surface area is 83.4 Å². The van der Waals surface area contributed by atoms with Crippen molar-refractivity contribution in [3.63, 3.8) is 0 Å². The zero-order chi connectivity index (χ0) is 10.3. The van der Waals surface area contributed by atoms with Crippen LogP contribution >= 0.6 is 0 Å². The van der Waals surface area contributed by atoms with Gasteiger partial charge in [-0.3, -0.25) is 4.79 Å². The Morgan fingerprint density at radius 1 is 1.57 bits per heavy atom. The molecule has 2 fully saturated rings. The SMILES string of the molecule is C=CC1C[C@@H]1C(=O)NS(=O)(=[OH+])C1CC1. The molecule has 2 aliphatic rings. The van der Waals surface area contributed by atoms with Crippen LogP contribution in [0.1, 0.15) is 19.3 Å². The lowest BCUT2D eigenvalue weighted by Gasteiger charge is -1.99. The van der Waals surface area contributed by atoms with Crippen molar-refractivity contribution in [2.75, 3.05) is 0 Å². The monoisotopic (exact) mass is 216 g/mol. The van der Waals surface area contributed by atoms with Crippen LogP contribution < -0.4 is 4.72 Å². The number of hydrogen-bond acceptors (Lipinski definition) is 2. The predicted octanol–water partition coefficient (Wildman–Crippen LogP) is 0.574. The van der Waals surface area contributed by atoms with E-state index in [1.54, 1.807) is 6.08 Å². The molecule has 14 heavy (non-hydrogen) atoms. The average molecular weight is 216 g/mol. The first-order valence-corrected chi connectivity index (χ1v) is 6.32. The first kappa shape index (κ1) is 9.71. The van der Waals surface area contributed by atoms with Gasteiger partial charge in [-0.05, 0) is 25.2 Å². The van der Waals surface area contributed by atoms with Gasteiger partial charge in [0.05, 0.1) is 0 Å². The molecule has 78 valence electrons. The zero-order valence-electron chi connectivity index (χ0n) is 7.81. The molecular weight excluding hydrogens is 202 g/mol. The topological polar surface area (TPSA) is 67.6 Å². The molecule has 0 aromatic heterocycles. The maximum atomic E-state index is 11.5. The Morgan fingerprint density at radius 2 is 2.21 bits per heavy atom. The molecule has 2 N–H and O–H groups in total. The van der Waals surface area contributed by atoms with Crippen molar-refractivity contribution in [1.82, 2.24) is 4.72 Å². The number of allylic oxidation sites excluding steroid dienone is 1. The minimum Gasteiger partial charge on any atom is -0.274 e. The number of amides is 1. The second-order valence-corrected chi connectivity index (χ2v) is 5.98. The Hall–Kier alpha value is -0.840. The second-order valence-electron chi connectivity index (χ2n) is 3.98. The normalized spacial score (nSPS) is 34.3. The fraction of sp³-hybridized carbons (Fsp3) is 0.667. The van der Waals surface area contributed by atoms with Gasteiger partial charge in [0.15, 0.2) is 0 Å². The van der Waals surface area contributed by atoms with Gasteiger partial charge < -0.3 is 0 Å². The van der Waals surface area contributed by atoms with E-state index >= 15 is 0 Å². The first-order chi connectivity index (χ1) is 6.54.